The predicted octanol–water partition coefficient (Wildman–Crippen LogP) is 3.63. The molecular weight excluding hydrogens is 224 g/mol. The standard InChI is InChI=1S/C16H18O2/c1-11(9-12(2)17)15-6-4-5-13-10-14(18-3)7-8-16(13)15/h4-10,12,17H,1-3H3. The van der Waals surface area contributed by atoms with Gasteiger partial charge < -0.3 is 9.84 Å². The number of benzene rings is 2. The minimum absolute atomic E-state index is 0.432. The second-order valence-electron chi connectivity index (χ2n) is 4.48. The molecule has 0 amide bonds. The molecule has 2 aromatic rings. The van der Waals surface area contributed by atoms with Gasteiger partial charge in [-0.05, 0) is 47.9 Å². The third kappa shape index (κ3) is 2.54. The second-order valence-corrected chi connectivity index (χ2v) is 4.48. The van der Waals surface area contributed by atoms with Crippen molar-refractivity contribution >= 4 is 16.3 Å². The van der Waals surface area contributed by atoms with Gasteiger partial charge in [0.2, 0.25) is 0 Å². The number of allylic oxidation sites excluding steroid dienone is 1. The van der Waals surface area contributed by atoms with Gasteiger partial charge in [-0.2, -0.15) is 0 Å². The number of rotatable bonds is 3. The fourth-order valence-corrected chi connectivity index (χ4v) is 2.18. The highest BCUT2D eigenvalue weighted by atomic mass is 16.5. The third-order valence-corrected chi connectivity index (χ3v) is 3.00. The number of hydrogen-bond acceptors (Lipinski definition) is 2. The van der Waals surface area contributed by atoms with Gasteiger partial charge in [-0.3, -0.25) is 0 Å². The van der Waals surface area contributed by atoms with E-state index < -0.39 is 6.10 Å². The van der Waals surface area contributed by atoms with Crippen molar-refractivity contribution in [3.05, 3.63) is 48.0 Å². The van der Waals surface area contributed by atoms with Crippen LogP contribution in [0.25, 0.3) is 16.3 Å². The molecule has 0 saturated heterocycles. The highest BCUT2D eigenvalue weighted by molar-refractivity contribution is 5.94. The summed E-state index contributed by atoms with van der Waals surface area (Å²) in [6.07, 6.45) is 1.43. The van der Waals surface area contributed by atoms with E-state index in [1.54, 1.807) is 14.0 Å². The Labute approximate surface area is 108 Å². The molecule has 2 heteroatoms. The molecule has 0 bridgehead atoms. The summed E-state index contributed by atoms with van der Waals surface area (Å²) in [6, 6.07) is 12.2. The van der Waals surface area contributed by atoms with E-state index in [4.69, 9.17) is 4.74 Å². The lowest BCUT2D eigenvalue weighted by molar-refractivity contribution is 0.244. The van der Waals surface area contributed by atoms with E-state index in [0.29, 0.717) is 0 Å². The van der Waals surface area contributed by atoms with Crippen LogP contribution in [0.5, 0.6) is 5.75 Å². The molecule has 2 rings (SSSR count). The monoisotopic (exact) mass is 242 g/mol. The van der Waals surface area contributed by atoms with Crippen molar-refractivity contribution in [3.63, 3.8) is 0 Å². The highest BCUT2D eigenvalue weighted by Crippen LogP contribution is 2.28. The van der Waals surface area contributed by atoms with Crippen molar-refractivity contribution in [2.45, 2.75) is 20.0 Å². The average molecular weight is 242 g/mol. The summed E-state index contributed by atoms with van der Waals surface area (Å²) in [5.41, 5.74) is 2.23. The molecule has 1 unspecified atom stereocenters. The van der Waals surface area contributed by atoms with E-state index in [9.17, 15) is 5.11 Å². The molecule has 0 aliphatic carbocycles. The first kappa shape index (κ1) is 12.7. The average Bonchev–Trinajstić information content (AvgIpc) is 2.36. The Kier molecular flexibility index (Phi) is 3.68. The van der Waals surface area contributed by atoms with Crippen LogP contribution in [0.4, 0.5) is 0 Å². The number of hydrogen-bond donors (Lipinski definition) is 1. The number of methoxy groups -OCH3 is 1. The Hall–Kier alpha value is -1.80. The van der Waals surface area contributed by atoms with Gasteiger partial charge in [-0.25, -0.2) is 0 Å². The number of ether oxygens (including phenoxy) is 1. The van der Waals surface area contributed by atoms with Crippen LogP contribution in [0, 0.1) is 0 Å². The summed E-state index contributed by atoms with van der Waals surface area (Å²) >= 11 is 0. The molecule has 0 aromatic heterocycles. The Balaban J connectivity index is 2.59. The number of fused-ring (bicyclic) bond motifs is 1. The van der Waals surface area contributed by atoms with Gasteiger partial charge in [-0.15, -0.1) is 0 Å². The Bertz CT molecular complexity index is 583. The molecule has 1 atom stereocenters. The molecule has 0 radical (unpaired) electrons. The lowest BCUT2D eigenvalue weighted by atomic mass is 9.98. The van der Waals surface area contributed by atoms with Crippen LogP contribution >= 0.6 is 0 Å². The molecule has 1 N–H and O–H groups in total. The first-order valence-corrected chi connectivity index (χ1v) is 6.05. The van der Waals surface area contributed by atoms with Gasteiger partial charge in [0.25, 0.3) is 0 Å². The smallest absolute Gasteiger partial charge is 0.119 e. The zero-order valence-corrected chi connectivity index (χ0v) is 11.0. The SMILES string of the molecule is COc1ccc2c(C(C)=CC(C)O)cccc2c1. The van der Waals surface area contributed by atoms with E-state index in [-0.39, 0.29) is 0 Å². The second kappa shape index (κ2) is 5.23. The topological polar surface area (TPSA) is 29.5 Å². The highest BCUT2D eigenvalue weighted by Gasteiger charge is 2.04. The van der Waals surface area contributed by atoms with Crippen molar-refractivity contribution in [1.82, 2.24) is 0 Å². The van der Waals surface area contributed by atoms with Gasteiger partial charge in [-0.1, -0.05) is 30.3 Å². The number of aliphatic hydroxyl groups is 1. The van der Waals surface area contributed by atoms with Crippen molar-refractivity contribution in [1.29, 1.82) is 0 Å². The Morgan fingerprint density at radius 2 is 2.06 bits per heavy atom. The van der Waals surface area contributed by atoms with Crippen LogP contribution in [0.15, 0.2) is 42.5 Å². The molecule has 0 spiro atoms. The van der Waals surface area contributed by atoms with Crippen molar-refractivity contribution in [2.75, 3.05) is 7.11 Å². The molecule has 94 valence electrons. The summed E-state index contributed by atoms with van der Waals surface area (Å²) in [7, 11) is 1.67. The van der Waals surface area contributed by atoms with E-state index >= 15 is 0 Å². The maximum Gasteiger partial charge on any atom is 0.119 e. The van der Waals surface area contributed by atoms with Crippen LogP contribution in [0.2, 0.25) is 0 Å². The molecule has 2 nitrogen and oxygen atoms in total. The molecule has 0 aliphatic rings. The van der Waals surface area contributed by atoms with E-state index in [1.807, 2.05) is 31.2 Å². The van der Waals surface area contributed by atoms with Gasteiger partial charge in [0.05, 0.1) is 13.2 Å². The normalized spacial score (nSPS) is 13.7. The fraction of sp³-hybridized carbons (Fsp3) is 0.250. The molecule has 0 saturated carbocycles. The van der Waals surface area contributed by atoms with Gasteiger partial charge in [0.1, 0.15) is 5.75 Å². The lowest BCUT2D eigenvalue weighted by Crippen LogP contribution is -1.95. The van der Waals surface area contributed by atoms with E-state index in [1.165, 1.54) is 5.39 Å². The largest absolute Gasteiger partial charge is 0.497 e. The maximum absolute atomic E-state index is 9.44. The summed E-state index contributed by atoms with van der Waals surface area (Å²) in [5, 5.41) is 11.8. The summed E-state index contributed by atoms with van der Waals surface area (Å²) in [4.78, 5) is 0. The third-order valence-electron chi connectivity index (χ3n) is 3.00. The minimum Gasteiger partial charge on any atom is -0.497 e. The van der Waals surface area contributed by atoms with Crippen LogP contribution in [-0.2, 0) is 0 Å². The molecule has 18 heavy (non-hydrogen) atoms. The van der Waals surface area contributed by atoms with E-state index in [2.05, 4.69) is 18.2 Å². The maximum atomic E-state index is 9.44. The van der Waals surface area contributed by atoms with Crippen LogP contribution in [-0.4, -0.2) is 18.3 Å². The van der Waals surface area contributed by atoms with Crippen LogP contribution in [0.1, 0.15) is 19.4 Å². The summed E-state index contributed by atoms with van der Waals surface area (Å²) in [6.45, 7) is 3.78. The number of aliphatic hydroxyl groups excluding tert-OH is 1. The van der Waals surface area contributed by atoms with Crippen molar-refractivity contribution in [2.24, 2.45) is 0 Å². The molecule has 0 heterocycles. The molecule has 0 fully saturated rings. The van der Waals surface area contributed by atoms with Gasteiger partial charge >= 0.3 is 0 Å². The lowest BCUT2D eigenvalue weighted by Gasteiger charge is -2.09. The predicted molar refractivity (Wildman–Crippen MR) is 75.8 cm³/mol. The zero-order chi connectivity index (χ0) is 13.1. The first-order valence-electron chi connectivity index (χ1n) is 6.05. The van der Waals surface area contributed by atoms with Gasteiger partial charge in [0, 0.05) is 0 Å². The fourth-order valence-electron chi connectivity index (χ4n) is 2.18. The van der Waals surface area contributed by atoms with Gasteiger partial charge in [0.15, 0.2) is 0 Å². The summed E-state index contributed by atoms with van der Waals surface area (Å²) < 4.78 is 5.23. The van der Waals surface area contributed by atoms with Crippen LogP contribution < -0.4 is 4.74 Å². The van der Waals surface area contributed by atoms with Crippen LogP contribution in [0.3, 0.4) is 0 Å². The van der Waals surface area contributed by atoms with Crippen molar-refractivity contribution in [3.8, 4) is 5.75 Å². The minimum atomic E-state index is -0.432. The quantitative estimate of drug-likeness (QED) is 0.890. The molecule has 0 aliphatic heterocycles. The van der Waals surface area contributed by atoms with Crippen molar-refractivity contribution < 1.29 is 9.84 Å². The first-order chi connectivity index (χ1) is 8.61. The Morgan fingerprint density at radius 3 is 2.72 bits per heavy atom. The summed E-state index contributed by atoms with van der Waals surface area (Å²) in [5.74, 6) is 0.858. The molecule has 2 aromatic carbocycles. The zero-order valence-electron chi connectivity index (χ0n) is 11.0. The Morgan fingerprint density at radius 1 is 1.28 bits per heavy atom. The molecular formula is C16H18O2. The van der Waals surface area contributed by atoms with E-state index in [0.717, 1.165) is 22.3 Å².